The van der Waals surface area contributed by atoms with E-state index < -0.39 is 11.9 Å². The average Bonchev–Trinajstić information content (AvgIpc) is 2.36. The first-order valence-corrected chi connectivity index (χ1v) is 5.72. The second-order valence-electron chi connectivity index (χ2n) is 3.68. The van der Waals surface area contributed by atoms with E-state index in [-0.39, 0.29) is 19.1 Å². The molecule has 0 aromatic rings. The first-order valence-electron chi connectivity index (χ1n) is 5.72. The molecule has 0 aromatic carbocycles. The third-order valence-electron chi connectivity index (χ3n) is 2.22. The minimum Gasteiger partial charge on any atom is -0.462 e. The Morgan fingerprint density at radius 1 is 1.12 bits per heavy atom. The molecule has 0 heterocycles. The van der Waals surface area contributed by atoms with Crippen LogP contribution in [0.1, 0.15) is 26.2 Å². The zero-order valence-corrected chi connectivity index (χ0v) is 10.3. The Balaban J connectivity index is 4.03. The SMILES string of the molecule is C=CC(=O)OCC(CCCC)COC(=O)C=C. The van der Waals surface area contributed by atoms with E-state index in [1.807, 2.05) is 0 Å². The molecular weight excluding hydrogens is 220 g/mol. The summed E-state index contributed by atoms with van der Waals surface area (Å²) in [7, 11) is 0. The van der Waals surface area contributed by atoms with Crippen molar-refractivity contribution in [3.8, 4) is 0 Å². The van der Waals surface area contributed by atoms with E-state index in [9.17, 15) is 9.59 Å². The van der Waals surface area contributed by atoms with Gasteiger partial charge in [0.25, 0.3) is 0 Å². The highest BCUT2D eigenvalue weighted by Gasteiger charge is 2.12. The number of hydrogen-bond acceptors (Lipinski definition) is 4. The molecule has 0 aliphatic rings. The van der Waals surface area contributed by atoms with Crippen LogP contribution < -0.4 is 0 Å². The molecule has 96 valence electrons. The molecule has 0 aliphatic heterocycles. The van der Waals surface area contributed by atoms with Crippen LogP contribution in [0.5, 0.6) is 0 Å². The molecule has 0 N–H and O–H groups in total. The lowest BCUT2D eigenvalue weighted by molar-refractivity contribution is -0.143. The van der Waals surface area contributed by atoms with E-state index in [1.165, 1.54) is 0 Å². The van der Waals surface area contributed by atoms with Crippen molar-refractivity contribution in [2.75, 3.05) is 13.2 Å². The van der Waals surface area contributed by atoms with Crippen LogP contribution in [-0.4, -0.2) is 25.2 Å². The Morgan fingerprint density at radius 3 is 1.94 bits per heavy atom. The van der Waals surface area contributed by atoms with Crippen molar-refractivity contribution >= 4 is 11.9 Å². The van der Waals surface area contributed by atoms with Gasteiger partial charge in [-0.25, -0.2) is 9.59 Å². The van der Waals surface area contributed by atoms with Crippen LogP contribution in [0.15, 0.2) is 25.3 Å². The van der Waals surface area contributed by atoms with Crippen LogP contribution in [0.4, 0.5) is 0 Å². The van der Waals surface area contributed by atoms with Gasteiger partial charge in [-0.2, -0.15) is 0 Å². The van der Waals surface area contributed by atoms with Crippen LogP contribution in [0.3, 0.4) is 0 Å². The summed E-state index contributed by atoms with van der Waals surface area (Å²) in [5.74, 6) is -0.883. The monoisotopic (exact) mass is 240 g/mol. The van der Waals surface area contributed by atoms with Gasteiger partial charge in [-0.05, 0) is 6.42 Å². The Bertz CT molecular complexity index is 247. The molecule has 4 heteroatoms. The van der Waals surface area contributed by atoms with E-state index in [2.05, 4.69) is 20.1 Å². The first kappa shape index (κ1) is 15.4. The molecule has 0 fully saturated rings. The predicted molar refractivity (Wildman–Crippen MR) is 65.3 cm³/mol. The molecule has 0 amide bonds. The maximum Gasteiger partial charge on any atom is 0.330 e. The molecular formula is C13H20O4. The topological polar surface area (TPSA) is 52.6 Å². The number of carbonyl (C=O) groups is 2. The van der Waals surface area contributed by atoms with E-state index in [0.29, 0.717) is 0 Å². The summed E-state index contributed by atoms with van der Waals surface area (Å²) in [5, 5.41) is 0. The molecule has 0 saturated carbocycles. The van der Waals surface area contributed by atoms with Crippen molar-refractivity contribution in [2.45, 2.75) is 26.2 Å². The van der Waals surface area contributed by atoms with Crippen LogP contribution in [-0.2, 0) is 19.1 Å². The van der Waals surface area contributed by atoms with Gasteiger partial charge in [0.2, 0.25) is 0 Å². The second-order valence-corrected chi connectivity index (χ2v) is 3.68. The Morgan fingerprint density at radius 2 is 1.59 bits per heavy atom. The van der Waals surface area contributed by atoms with E-state index in [1.54, 1.807) is 0 Å². The molecule has 0 spiro atoms. The number of hydrogen-bond donors (Lipinski definition) is 0. The van der Waals surface area contributed by atoms with Crippen LogP contribution >= 0.6 is 0 Å². The van der Waals surface area contributed by atoms with Gasteiger partial charge in [0, 0.05) is 18.1 Å². The standard InChI is InChI=1S/C13H20O4/c1-4-7-8-11(9-16-12(14)5-2)10-17-13(15)6-3/h5-6,11H,2-4,7-10H2,1H3. The molecule has 0 bridgehead atoms. The molecule has 0 radical (unpaired) electrons. The zero-order valence-electron chi connectivity index (χ0n) is 10.3. The molecule has 0 unspecified atom stereocenters. The molecule has 0 saturated heterocycles. The third-order valence-corrected chi connectivity index (χ3v) is 2.22. The number of unbranched alkanes of at least 4 members (excludes halogenated alkanes) is 1. The maximum atomic E-state index is 10.9. The highest BCUT2D eigenvalue weighted by atomic mass is 16.5. The fourth-order valence-corrected chi connectivity index (χ4v) is 1.23. The average molecular weight is 240 g/mol. The summed E-state index contributed by atoms with van der Waals surface area (Å²) in [5.41, 5.74) is 0. The fraction of sp³-hybridized carbons (Fsp3) is 0.538. The number of rotatable bonds is 9. The van der Waals surface area contributed by atoms with Gasteiger partial charge in [0.05, 0.1) is 13.2 Å². The zero-order chi connectivity index (χ0) is 13.1. The quantitative estimate of drug-likeness (QED) is 0.458. The summed E-state index contributed by atoms with van der Waals surface area (Å²) < 4.78 is 9.88. The normalized spacial score (nSPS) is 9.76. The minimum absolute atomic E-state index is 0.0303. The van der Waals surface area contributed by atoms with Crippen LogP contribution in [0.2, 0.25) is 0 Å². The van der Waals surface area contributed by atoms with Gasteiger partial charge in [-0.15, -0.1) is 0 Å². The number of carbonyl (C=O) groups excluding carboxylic acids is 2. The summed E-state index contributed by atoms with van der Waals surface area (Å²) in [6, 6.07) is 0. The highest BCUT2D eigenvalue weighted by molar-refractivity contribution is 5.81. The van der Waals surface area contributed by atoms with Gasteiger partial charge in [-0.3, -0.25) is 0 Å². The van der Waals surface area contributed by atoms with E-state index in [0.717, 1.165) is 31.4 Å². The predicted octanol–water partition coefficient (Wildman–Crippen LogP) is 2.25. The summed E-state index contributed by atoms with van der Waals surface area (Å²) >= 11 is 0. The molecule has 0 aromatic heterocycles. The molecule has 17 heavy (non-hydrogen) atoms. The van der Waals surface area contributed by atoms with E-state index in [4.69, 9.17) is 9.47 Å². The minimum atomic E-state index is -0.457. The first-order chi connectivity index (χ1) is 8.13. The van der Waals surface area contributed by atoms with Gasteiger partial charge in [-0.1, -0.05) is 32.9 Å². The maximum absolute atomic E-state index is 10.9. The molecule has 0 atom stereocenters. The second kappa shape index (κ2) is 9.63. The van der Waals surface area contributed by atoms with Crippen molar-refractivity contribution < 1.29 is 19.1 Å². The molecule has 4 nitrogen and oxygen atoms in total. The van der Waals surface area contributed by atoms with Crippen molar-refractivity contribution in [1.82, 2.24) is 0 Å². The van der Waals surface area contributed by atoms with Crippen molar-refractivity contribution in [1.29, 1.82) is 0 Å². The Labute approximate surface area is 102 Å². The van der Waals surface area contributed by atoms with E-state index >= 15 is 0 Å². The largest absolute Gasteiger partial charge is 0.462 e. The molecule has 0 rings (SSSR count). The van der Waals surface area contributed by atoms with Crippen molar-refractivity contribution in [3.63, 3.8) is 0 Å². The van der Waals surface area contributed by atoms with Crippen LogP contribution in [0, 0.1) is 5.92 Å². The lowest BCUT2D eigenvalue weighted by Gasteiger charge is -2.15. The lowest BCUT2D eigenvalue weighted by Crippen LogP contribution is -2.19. The van der Waals surface area contributed by atoms with Gasteiger partial charge >= 0.3 is 11.9 Å². The van der Waals surface area contributed by atoms with Crippen LogP contribution in [0.25, 0.3) is 0 Å². The van der Waals surface area contributed by atoms with Gasteiger partial charge < -0.3 is 9.47 Å². The smallest absolute Gasteiger partial charge is 0.330 e. The lowest BCUT2D eigenvalue weighted by atomic mass is 10.0. The highest BCUT2D eigenvalue weighted by Crippen LogP contribution is 2.10. The van der Waals surface area contributed by atoms with Crippen molar-refractivity contribution in [2.24, 2.45) is 5.92 Å². The fourth-order valence-electron chi connectivity index (χ4n) is 1.23. The number of esters is 2. The summed E-state index contributed by atoms with van der Waals surface area (Å²) in [6.45, 7) is 9.19. The van der Waals surface area contributed by atoms with Gasteiger partial charge in [0.1, 0.15) is 0 Å². The summed E-state index contributed by atoms with van der Waals surface area (Å²) in [4.78, 5) is 21.8. The third kappa shape index (κ3) is 8.25. The summed E-state index contributed by atoms with van der Waals surface area (Å²) in [6.07, 6.45) is 5.13. The van der Waals surface area contributed by atoms with Gasteiger partial charge in [0.15, 0.2) is 0 Å². The molecule has 0 aliphatic carbocycles. The Kier molecular flexibility index (Phi) is 8.74. The Hall–Kier alpha value is -1.58. The number of ether oxygens (including phenoxy) is 2. The van der Waals surface area contributed by atoms with Crippen molar-refractivity contribution in [3.05, 3.63) is 25.3 Å².